The number of hydrogen-bond acceptors (Lipinski definition) is 3. The van der Waals surface area contributed by atoms with E-state index in [1.165, 1.54) is 22.0 Å². The van der Waals surface area contributed by atoms with Crippen LogP contribution < -0.4 is 17.1 Å². The zero-order valence-corrected chi connectivity index (χ0v) is 20.7. The van der Waals surface area contributed by atoms with E-state index in [4.69, 9.17) is 0 Å². The monoisotopic (exact) mass is 433 g/mol. The van der Waals surface area contributed by atoms with Crippen LogP contribution >= 0.6 is 0 Å². The van der Waals surface area contributed by atoms with Gasteiger partial charge in [0, 0.05) is 13.1 Å². The molecule has 0 saturated heterocycles. The molecule has 6 nitrogen and oxygen atoms in total. The lowest BCUT2D eigenvalue weighted by atomic mass is 9.60. The third kappa shape index (κ3) is 5.61. The Balaban J connectivity index is 1.92. The third-order valence-corrected chi connectivity index (χ3v) is 7.73. The first-order valence-corrected chi connectivity index (χ1v) is 12.2. The Morgan fingerprint density at radius 1 is 0.871 bits per heavy atom. The molecule has 0 amide bonds. The highest BCUT2D eigenvalue weighted by Crippen LogP contribution is 2.50. The van der Waals surface area contributed by atoms with E-state index in [2.05, 4.69) is 53.5 Å². The maximum atomic E-state index is 13.4. The number of rotatable bonds is 5. The van der Waals surface area contributed by atoms with Gasteiger partial charge in [-0.3, -0.25) is 4.98 Å². The topological polar surface area (TPSA) is 76.9 Å². The Hall–Kier alpha value is -1.59. The van der Waals surface area contributed by atoms with E-state index in [1.807, 2.05) is 0 Å². The largest absolute Gasteiger partial charge is 0.336 e. The second kappa shape index (κ2) is 8.40. The van der Waals surface area contributed by atoms with E-state index in [0.29, 0.717) is 24.9 Å². The van der Waals surface area contributed by atoms with Crippen molar-refractivity contribution in [3.8, 4) is 0 Å². The minimum absolute atomic E-state index is 0.136. The normalized spacial score (nSPS) is 32.7. The van der Waals surface area contributed by atoms with Crippen LogP contribution in [0, 0.1) is 34.0 Å². The lowest BCUT2D eigenvalue weighted by Gasteiger charge is -2.46. The van der Waals surface area contributed by atoms with Crippen LogP contribution in [0.25, 0.3) is 0 Å². The predicted molar refractivity (Wildman–Crippen MR) is 125 cm³/mol. The van der Waals surface area contributed by atoms with E-state index in [0.717, 1.165) is 32.1 Å². The Morgan fingerprint density at radius 3 is 2.10 bits per heavy atom. The summed E-state index contributed by atoms with van der Waals surface area (Å²) in [7, 11) is 0. The Morgan fingerprint density at radius 2 is 1.48 bits per heavy atom. The number of aromatic amines is 1. The first kappa shape index (κ1) is 24.1. The van der Waals surface area contributed by atoms with E-state index >= 15 is 0 Å². The molecule has 0 aliphatic heterocycles. The molecule has 2 aliphatic rings. The molecule has 4 unspecified atom stereocenters. The summed E-state index contributed by atoms with van der Waals surface area (Å²) < 4.78 is 2.59. The zero-order chi connectivity index (χ0) is 23.2. The fourth-order valence-electron chi connectivity index (χ4n) is 7.43. The summed E-state index contributed by atoms with van der Waals surface area (Å²) in [6.45, 7) is 16.5. The van der Waals surface area contributed by atoms with Gasteiger partial charge in [-0.05, 0) is 72.5 Å². The van der Waals surface area contributed by atoms with Crippen molar-refractivity contribution in [2.24, 2.45) is 34.0 Å². The Kier molecular flexibility index (Phi) is 6.52. The first-order valence-electron chi connectivity index (χ1n) is 12.2. The summed E-state index contributed by atoms with van der Waals surface area (Å²) in [5.74, 6) is 1.45. The number of hydrogen-bond donors (Lipinski definition) is 1. The first-order chi connectivity index (χ1) is 14.2. The fourth-order valence-corrected chi connectivity index (χ4v) is 7.43. The molecule has 2 fully saturated rings. The van der Waals surface area contributed by atoms with E-state index in [-0.39, 0.29) is 22.2 Å². The minimum atomic E-state index is -0.568. The summed E-state index contributed by atoms with van der Waals surface area (Å²) in [5.41, 5.74) is -1.32. The van der Waals surface area contributed by atoms with Crippen LogP contribution in [0.3, 0.4) is 0 Å². The van der Waals surface area contributed by atoms with Gasteiger partial charge in [0.2, 0.25) is 0 Å². The number of aromatic nitrogens is 3. The Labute approximate surface area is 186 Å². The van der Waals surface area contributed by atoms with Crippen LogP contribution in [0.4, 0.5) is 0 Å². The molecule has 2 aliphatic carbocycles. The van der Waals surface area contributed by atoms with Crippen molar-refractivity contribution in [3.05, 3.63) is 31.5 Å². The molecule has 1 aromatic heterocycles. The average Bonchev–Trinajstić information content (AvgIpc) is 2.59. The highest BCUT2D eigenvalue weighted by Gasteiger charge is 2.41. The molecule has 0 bridgehead atoms. The lowest BCUT2D eigenvalue weighted by Crippen LogP contribution is -2.53. The Bertz CT molecular complexity index is 967. The maximum absolute atomic E-state index is 13.4. The highest BCUT2D eigenvalue weighted by molar-refractivity contribution is 4.92. The summed E-state index contributed by atoms with van der Waals surface area (Å²) >= 11 is 0. The number of H-pyrrole nitrogens is 1. The van der Waals surface area contributed by atoms with Crippen molar-refractivity contribution >= 4 is 0 Å². The van der Waals surface area contributed by atoms with Crippen molar-refractivity contribution in [2.45, 2.75) is 107 Å². The van der Waals surface area contributed by atoms with Crippen molar-refractivity contribution in [1.82, 2.24) is 14.1 Å². The maximum Gasteiger partial charge on any atom is 0.336 e. The van der Waals surface area contributed by atoms with Crippen LogP contribution in [-0.2, 0) is 13.1 Å². The molecule has 1 N–H and O–H groups in total. The second-order valence-electron chi connectivity index (χ2n) is 12.8. The van der Waals surface area contributed by atoms with E-state index in [1.54, 1.807) is 0 Å². The van der Waals surface area contributed by atoms with Gasteiger partial charge in [-0.15, -0.1) is 0 Å². The van der Waals surface area contributed by atoms with Gasteiger partial charge in [0.05, 0.1) is 0 Å². The van der Waals surface area contributed by atoms with Gasteiger partial charge in [0.15, 0.2) is 0 Å². The van der Waals surface area contributed by atoms with Crippen LogP contribution in [0.15, 0.2) is 14.4 Å². The van der Waals surface area contributed by atoms with Gasteiger partial charge in [-0.1, -0.05) is 54.9 Å². The molecule has 4 atom stereocenters. The number of nitrogens with zero attached hydrogens (tertiary/aromatic N) is 2. The molecule has 0 radical (unpaired) electrons. The molecule has 176 valence electrons. The number of nitrogens with one attached hydrogen (secondary N) is 1. The molecule has 3 rings (SSSR count). The molecule has 1 aromatic rings. The lowest BCUT2D eigenvalue weighted by molar-refractivity contribution is 0.0367. The van der Waals surface area contributed by atoms with E-state index < -0.39 is 17.1 Å². The van der Waals surface area contributed by atoms with Crippen LogP contribution in [0.5, 0.6) is 0 Å². The second-order valence-corrected chi connectivity index (χ2v) is 12.8. The standard InChI is InChI=1S/C25H43N3O3/c1-8-18-11-24(5,6)15-25(7,13-18)16-28-21(30)26-20(29)27(22(28)31)14-19-9-17(2)10-23(3,4)12-19/h17-19H,8-16H2,1-7H3,(H,26,29,30). The molecule has 31 heavy (non-hydrogen) atoms. The SMILES string of the molecule is CCC1CC(C)(C)CC(C)(Cn2c(=O)[nH]c(=O)n(CC3CC(C)CC(C)(C)C3)c2=O)C1. The highest BCUT2D eigenvalue weighted by atomic mass is 16.2. The van der Waals surface area contributed by atoms with Gasteiger partial charge < -0.3 is 0 Å². The van der Waals surface area contributed by atoms with Gasteiger partial charge >= 0.3 is 17.1 Å². The zero-order valence-electron chi connectivity index (χ0n) is 20.7. The quantitative estimate of drug-likeness (QED) is 0.747. The van der Waals surface area contributed by atoms with Crippen LogP contribution in [0.1, 0.15) is 93.4 Å². The summed E-state index contributed by atoms with van der Waals surface area (Å²) in [4.78, 5) is 41.1. The molecule has 1 heterocycles. The van der Waals surface area contributed by atoms with Gasteiger partial charge in [0.1, 0.15) is 0 Å². The predicted octanol–water partition coefficient (Wildman–Crippen LogP) is 4.40. The van der Waals surface area contributed by atoms with Crippen molar-refractivity contribution < 1.29 is 0 Å². The summed E-state index contributed by atoms with van der Waals surface area (Å²) in [5, 5.41) is 0. The average molecular weight is 434 g/mol. The minimum Gasteiger partial charge on any atom is -0.259 e. The van der Waals surface area contributed by atoms with Crippen LogP contribution in [0.2, 0.25) is 0 Å². The molecular formula is C25H43N3O3. The van der Waals surface area contributed by atoms with Crippen molar-refractivity contribution in [2.75, 3.05) is 0 Å². The van der Waals surface area contributed by atoms with Crippen LogP contribution in [-0.4, -0.2) is 14.1 Å². The molecule has 2 saturated carbocycles. The molecular weight excluding hydrogens is 390 g/mol. The van der Waals surface area contributed by atoms with Gasteiger partial charge in [0.25, 0.3) is 0 Å². The third-order valence-electron chi connectivity index (χ3n) is 7.73. The summed E-state index contributed by atoms with van der Waals surface area (Å²) in [6, 6.07) is 0. The van der Waals surface area contributed by atoms with E-state index in [9.17, 15) is 14.4 Å². The van der Waals surface area contributed by atoms with Gasteiger partial charge in [-0.25, -0.2) is 23.5 Å². The summed E-state index contributed by atoms with van der Waals surface area (Å²) in [6.07, 6.45) is 7.44. The molecule has 0 aromatic carbocycles. The molecule has 6 heteroatoms. The van der Waals surface area contributed by atoms with Gasteiger partial charge in [-0.2, -0.15) is 0 Å². The fraction of sp³-hybridized carbons (Fsp3) is 0.880. The van der Waals surface area contributed by atoms with Crippen molar-refractivity contribution in [1.29, 1.82) is 0 Å². The molecule has 0 spiro atoms. The smallest absolute Gasteiger partial charge is 0.259 e. The van der Waals surface area contributed by atoms with Crippen molar-refractivity contribution in [3.63, 3.8) is 0 Å².